The SMILES string of the molecule is CC[C@H]1O[C@@H](n2cnc3c(N)ncnc32)C[C@H]1OP(O)(=S)OC[C@H]1O[C@@H](n2cnc3c(=O)[nH]c(N)nc32)C(OCCOC)[C@H]1OP(=O)(O)OC[C@H]1O[C@@H](n2cc(C)c(N)nc2=O)C(OCCOC)[C@H]1OP(=O)(O)OC[C@H]1O[C@@H](n2cc(C)c(=O)[nH]c2=O)C(OCCOC)[C@H]1OP(O)(=S)OC[C@H]1O[C@@H](n2cnc3c(N)ncnc32)C(OCCOC)[C@H]1OP(O)(=S)OC[C@H]1O[C@@H](n2cc(C)c(N)nc2=O)C(OCCOC)[C@H]1O. The quantitative estimate of drug-likeness (QED) is 0.0149. The first-order chi connectivity index (χ1) is 69.6. The topological polar surface area (TPSA) is 801 Å². The highest BCUT2D eigenvalue weighted by molar-refractivity contribution is 8.07. The monoisotopic (exact) mass is 2220 g/mol. The molecule has 0 saturated carbocycles. The Morgan fingerprint density at radius 3 is 1.20 bits per heavy atom. The molecule has 62 nitrogen and oxygen atoms in total. The minimum Gasteiger partial charge on any atom is -0.387 e. The molecule has 806 valence electrons. The van der Waals surface area contributed by atoms with Gasteiger partial charge < -0.3 is 152 Å². The van der Waals surface area contributed by atoms with Crippen LogP contribution in [0.25, 0.3) is 33.5 Å². The van der Waals surface area contributed by atoms with Crippen LogP contribution in [0, 0.1) is 20.8 Å². The van der Waals surface area contributed by atoms with Crippen LogP contribution in [-0.4, -0.2) is 355 Å². The van der Waals surface area contributed by atoms with E-state index in [0.29, 0.717) is 23.1 Å². The second kappa shape index (κ2) is 48.3. The number of hydrogen-bond donors (Lipinski definition) is 13. The van der Waals surface area contributed by atoms with E-state index < -0.39 is 245 Å². The molecule has 15 rings (SSSR count). The number of aromatic nitrogens is 18. The van der Waals surface area contributed by atoms with E-state index >= 15 is 9.13 Å². The predicted molar refractivity (Wildman–Crippen MR) is 509 cm³/mol. The van der Waals surface area contributed by atoms with Gasteiger partial charge in [0.1, 0.15) is 133 Å². The third-order valence-corrected chi connectivity index (χ3v) is 30.4. The zero-order valence-corrected chi connectivity index (χ0v) is 86.0. The molecule has 10 unspecified atom stereocenters. The second-order valence-corrected chi connectivity index (χ2v) is 44.6. The summed E-state index contributed by atoms with van der Waals surface area (Å²) in [6.07, 6.45) is -26.3. The zero-order valence-electron chi connectivity index (χ0n) is 79.1. The summed E-state index contributed by atoms with van der Waals surface area (Å²) >= 11 is 17.2. The molecule has 9 aromatic heterocycles. The molecular weight excluding hydrogens is 2110 g/mol. The van der Waals surface area contributed by atoms with Gasteiger partial charge in [0.15, 0.2) is 65.2 Å². The summed E-state index contributed by atoms with van der Waals surface area (Å²) < 4.78 is 195. The Kier molecular flexibility index (Phi) is 37.1. The highest BCUT2D eigenvalue weighted by Gasteiger charge is 2.59. The van der Waals surface area contributed by atoms with Gasteiger partial charge in [-0.15, -0.1) is 0 Å². The summed E-state index contributed by atoms with van der Waals surface area (Å²) in [5.41, 5.74) is 26.5. The third-order valence-electron chi connectivity index (χ3n) is 23.7. The van der Waals surface area contributed by atoms with Crippen LogP contribution in [0.1, 0.15) is 73.8 Å². The number of rotatable bonds is 52. The van der Waals surface area contributed by atoms with Crippen molar-refractivity contribution < 1.29 is 160 Å². The van der Waals surface area contributed by atoms with E-state index in [1.807, 2.05) is 0 Å². The van der Waals surface area contributed by atoms with E-state index in [9.17, 15) is 53.5 Å². The first kappa shape index (κ1) is 112. The van der Waals surface area contributed by atoms with E-state index in [1.165, 1.54) is 89.9 Å². The van der Waals surface area contributed by atoms with Crippen molar-refractivity contribution in [1.29, 1.82) is 0 Å². The lowest BCUT2D eigenvalue weighted by Gasteiger charge is -2.30. The number of aromatic amines is 2. The Hall–Kier alpha value is -7.98. The fourth-order valence-electron chi connectivity index (χ4n) is 16.8. The number of ether oxygens (including phenoxy) is 16. The molecule has 6 fully saturated rings. The molecule has 146 heavy (non-hydrogen) atoms. The van der Waals surface area contributed by atoms with Crippen LogP contribution in [0.3, 0.4) is 0 Å². The van der Waals surface area contributed by atoms with Gasteiger partial charge in [-0.2, -0.15) is 15.0 Å². The zero-order chi connectivity index (χ0) is 105. The number of phosphoric acid groups is 2. The molecule has 18 N–H and O–H groups in total. The van der Waals surface area contributed by atoms with Crippen LogP contribution in [0.15, 0.2) is 74.2 Å². The number of aliphatic hydroxyl groups excluding tert-OH is 1. The van der Waals surface area contributed by atoms with Crippen molar-refractivity contribution in [2.24, 2.45) is 0 Å². The number of aliphatic hydroxyl groups is 1. The van der Waals surface area contributed by atoms with Crippen molar-refractivity contribution in [3.8, 4) is 0 Å². The summed E-state index contributed by atoms with van der Waals surface area (Å²) in [5.74, 6) is -0.653. The van der Waals surface area contributed by atoms with Gasteiger partial charge in [0.25, 0.3) is 11.1 Å². The molecule has 9 aromatic rings. The molecule has 6 aliphatic heterocycles. The van der Waals surface area contributed by atoms with Crippen LogP contribution >= 0.6 is 35.8 Å². The number of imidazole rings is 3. The molecule has 70 heteroatoms. The molecule has 0 radical (unpaired) electrons. The minimum absolute atomic E-state index is 0.0440. The second-order valence-electron chi connectivity index (χ2n) is 33.4. The van der Waals surface area contributed by atoms with E-state index in [2.05, 4.69) is 59.8 Å². The Balaban J connectivity index is 0.719. The maximum atomic E-state index is 15.4. The number of phosphoric ester groups is 2. The lowest BCUT2D eigenvalue weighted by atomic mass is 10.1. The van der Waals surface area contributed by atoms with Crippen molar-refractivity contribution in [1.82, 2.24) is 87.2 Å². The molecule has 0 aliphatic carbocycles. The Labute approximate surface area is 840 Å². The molecule has 6 saturated heterocycles. The van der Waals surface area contributed by atoms with Crippen LogP contribution < -0.4 is 56.9 Å². The molecule has 0 bridgehead atoms. The fourth-order valence-corrected chi connectivity index (χ4v) is 23.0. The van der Waals surface area contributed by atoms with Crippen molar-refractivity contribution in [2.75, 3.05) is 163 Å². The number of methoxy groups -OCH3 is 5. The Morgan fingerprint density at radius 2 is 0.753 bits per heavy atom. The van der Waals surface area contributed by atoms with Gasteiger partial charge in [0.05, 0.1) is 130 Å². The van der Waals surface area contributed by atoms with Gasteiger partial charge in [0, 0.05) is 77.3 Å². The van der Waals surface area contributed by atoms with Gasteiger partial charge in [-0.3, -0.25) is 74.1 Å². The Bertz CT molecular complexity index is 6640. The molecule has 0 amide bonds. The van der Waals surface area contributed by atoms with Crippen LogP contribution in [0.2, 0.25) is 0 Å². The number of H-pyrrole nitrogens is 2. The van der Waals surface area contributed by atoms with E-state index in [4.69, 9.17) is 185 Å². The van der Waals surface area contributed by atoms with Crippen LogP contribution in [0.5, 0.6) is 0 Å². The fraction of sp³-hybridized carbons (Fsp3) is 0.645. The molecule has 6 aliphatic rings. The van der Waals surface area contributed by atoms with Crippen molar-refractivity contribution in [2.45, 2.75) is 182 Å². The lowest BCUT2D eigenvalue weighted by Crippen LogP contribution is -2.42. The Morgan fingerprint density at radius 1 is 0.390 bits per heavy atom. The molecule has 15 heterocycles. The lowest BCUT2D eigenvalue weighted by molar-refractivity contribution is -0.0850. The average Bonchev–Trinajstić information content (AvgIpc) is 1.61. The van der Waals surface area contributed by atoms with Gasteiger partial charge in [-0.1, -0.05) is 6.92 Å². The molecule has 0 aromatic carbocycles. The summed E-state index contributed by atoms with van der Waals surface area (Å²) in [6, 6.07) is 0. The average molecular weight is 2220 g/mol. The van der Waals surface area contributed by atoms with Gasteiger partial charge in [-0.25, -0.2) is 58.4 Å². The minimum atomic E-state index is -5.95. The number of nitrogen functional groups attached to an aromatic ring is 5. The highest BCUT2D eigenvalue weighted by Crippen LogP contribution is 2.58. The first-order valence-corrected chi connectivity index (χ1v) is 55.4. The van der Waals surface area contributed by atoms with Gasteiger partial charge in [-0.05, 0) is 62.6 Å². The van der Waals surface area contributed by atoms with E-state index in [0.717, 1.165) is 32.6 Å². The summed E-state index contributed by atoms with van der Waals surface area (Å²) in [4.78, 5) is 176. The summed E-state index contributed by atoms with van der Waals surface area (Å²) in [5, 5.41) is 11.8. The van der Waals surface area contributed by atoms with Gasteiger partial charge >= 0.3 is 52.9 Å². The third kappa shape index (κ3) is 26.0. The largest absolute Gasteiger partial charge is 0.472 e. The summed E-state index contributed by atoms with van der Waals surface area (Å²) in [6.45, 7) is -15.3. The number of nitrogens with two attached hydrogens (primary N) is 5. The molecule has 0 spiro atoms. The number of fused-ring (bicyclic) bond motifs is 3. The predicted octanol–water partition coefficient (Wildman–Crippen LogP) is -1.74. The molecule has 28 atom stereocenters. The maximum absolute atomic E-state index is 15.4. The van der Waals surface area contributed by atoms with Crippen molar-refractivity contribution in [3.63, 3.8) is 0 Å². The number of anilines is 5. The van der Waals surface area contributed by atoms with Gasteiger partial charge in [0.2, 0.25) is 5.95 Å². The van der Waals surface area contributed by atoms with Crippen LogP contribution in [-0.2, 0) is 166 Å². The number of hydrogen-bond acceptors (Lipinski definition) is 52. The maximum Gasteiger partial charge on any atom is 0.472 e. The number of nitrogens with one attached hydrogen (secondary N) is 2. The van der Waals surface area contributed by atoms with E-state index in [-0.39, 0.29) is 129 Å². The van der Waals surface area contributed by atoms with Crippen LogP contribution in [0.4, 0.5) is 29.2 Å². The number of aryl methyl sites for hydroxylation is 3. The molecular formula is C76H110N23O39P5S3. The van der Waals surface area contributed by atoms with E-state index in [1.54, 1.807) is 18.4 Å². The summed E-state index contributed by atoms with van der Waals surface area (Å²) in [7, 11) is -5.05. The first-order valence-electron chi connectivity index (χ1n) is 44.6. The highest BCUT2D eigenvalue weighted by atomic mass is 32.5. The van der Waals surface area contributed by atoms with Crippen molar-refractivity contribution >= 4 is 134 Å². The normalized spacial score (nSPS) is 29.1. The number of nitrogens with zero attached hydrogens (tertiary/aromatic N) is 16. The smallest absolute Gasteiger partial charge is 0.387 e. The standard InChI is InChI=1S/C76H110N23O39P5S3/c1-10-38-39(21-45(128-38)97-32-86-46-61(79)82-30-84-63(46)97)134-141(110,144)126-28-43-51(56(120-18-13-115-7)72(132-43)99-34-88-48-65(99)91-73(81)92-67(48)102)136-139(106,107)123-26-41-50(55(119-17-12-114-6)69(130-41)95-23-36(3)60(78)90-75(95)104)135-140(108,109)124-27-42-52(57(121-19-14-116-8)70(131-42)96-24-37(4)66(101)93-76(96)105)137-143(112,146)127-29-44-53(58(122-20-15-117-9)71(133-44)98-33-87-47-62(80)83-31-85-64(47)98)138-142(111,145)125-25-40-49(100)54(118-16-11-113-5)68(129-40)94-22-35(2)59(77)89-74(94)103/h22-24,30-34,38-45,49-58,68-72,100H,10-21,25-29H2,1-9H3,(H,106,107)(H,108,109)(H,110,144)(H,111,145)(H,112,146)(H2,77,89,103)(H2,78,90,104)(H2,79,82,84)(H2,80,83,85)(H,93,101,105)(H3,81,91,92,102)/t38-,39-,40-,41-,42-,43-,44-,45-,49+,50+,51+,52+,53+,54?,55?,56?,57?,58?,68-,69-,70-,71-,72-,141?,142?,143?/m1/s1. The van der Waals surface area contributed by atoms with Crippen molar-refractivity contribution in [3.05, 3.63) is 119 Å².